The minimum atomic E-state index is 0. The van der Waals surface area contributed by atoms with Crippen molar-refractivity contribution in [3.63, 3.8) is 0 Å². The summed E-state index contributed by atoms with van der Waals surface area (Å²) in [6, 6.07) is 0. The lowest BCUT2D eigenvalue weighted by Crippen LogP contribution is -3.00. The number of halogens is 1. The van der Waals surface area contributed by atoms with Gasteiger partial charge in [0, 0.05) is 6.42 Å². The Morgan fingerprint density at radius 1 is 0.828 bits per heavy atom. The zero-order valence-corrected chi connectivity index (χ0v) is 19.7. The average Bonchev–Trinajstić information content (AvgIpc) is 3.07. The van der Waals surface area contributed by atoms with Gasteiger partial charge < -0.3 is 22.6 Å². The van der Waals surface area contributed by atoms with E-state index in [1.807, 2.05) is 0 Å². The van der Waals surface area contributed by atoms with Crippen LogP contribution in [0.15, 0.2) is 12.2 Å². The predicted molar refractivity (Wildman–Crippen MR) is 120 cm³/mol. The maximum atomic E-state index is 9.24. The first kappa shape index (κ1) is 28.4. The molecule has 4 nitrogen and oxygen atoms in total. The summed E-state index contributed by atoms with van der Waals surface area (Å²) < 4.78 is 2.30. The molecule has 29 heavy (non-hydrogen) atoms. The molecule has 0 saturated heterocycles. The third kappa shape index (κ3) is 14.1. The molecule has 0 spiro atoms. The van der Waals surface area contributed by atoms with Gasteiger partial charge in [-0.1, -0.05) is 70.4 Å². The Morgan fingerprint density at radius 3 is 2.00 bits per heavy atom. The fourth-order valence-electron chi connectivity index (χ4n) is 4.09. The van der Waals surface area contributed by atoms with Crippen LogP contribution in [0, 0.1) is 0 Å². The smallest absolute Gasteiger partial charge is 0.247 e. The molecule has 1 heterocycles. The van der Waals surface area contributed by atoms with Gasteiger partial charge in [0.2, 0.25) is 5.84 Å². The molecule has 0 aromatic rings. The van der Waals surface area contributed by atoms with Gasteiger partial charge in [-0.3, -0.25) is 9.48 Å². The quantitative estimate of drug-likeness (QED) is 0.186. The van der Waals surface area contributed by atoms with Gasteiger partial charge >= 0.3 is 0 Å². The first-order valence-corrected chi connectivity index (χ1v) is 12.1. The summed E-state index contributed by atoms with van der Waals surface area (Å²) in [4.78, 5) is 2.30. The number of aliphatic hydroxyl groups is 2. The van der Waals surface area contributed by atoms with Gasteiger partial charge in [0.25, 0.3) is 0 Å². The molecule has 0 radical (unpaired) electrons. The molecule has 5 heteroatoms. The Kier molecular flexibility index (Phi) is 20.3. The Labute approximate surface area is 186 Å². The van der Waals surface area contributed by atoms with Crippen LogP contribution in [0.2, 0.25) is 0 Å². The van der Waals surface area contributed by atoms with E-state index in [0.717, 1.165) is 32.6 Å². The number of amidine groups is 1. The number of β-amino-alcohol motifs (C(OH)–C–C–N with tert-alkyl or cyclic N) is 2. The van der Waals surface area contributed by atoms with Crippen molar-refractivity contribution in [2.75, 3.05) is 39.4 Å². The molecular formula is C24H47ClN2O2. The van der Waals surface area contributed by atoms with Crippen LogP contribution in [0.4, 0.5) is 0 Å². The topological polar surface area (TPSA) is 46.7 Å². The molecule has 1 aliphatic heterocycles. The highest BCUT2D eigenvalue weighted by molar-refractivity contribution is 5.78. The molecule has 0 aromatic heterocycles. The highest BCUT2D eigenvalue weighted by Crippen LogP contribution is 2.13. The van der Waals surface area contributed by atoms with Crippen LogP contribution in [0.25, 0.3) is 0 Å². The van der Waals surface area contributed by atoms with E-state index in [-0.39, 0.29) is 25.6 Å². The molecule has 1 aliphatic rings. The maximum Gasteiger partial charge on any atom is 0.247 e. The molecule has 0 unspecified atom stereocenters. The van der Waals surface area contributed by atoms with Crippen LogP contribution in [0.5, 0.6) is 0 Å². The SMILES string of the molecule is CCCCCCCCC=CCCCCCCCC1=[N+](CCO)CCN1CCO.[Cl-]. The van der Waals surface area contributed by atoms with Crippen LogP contribution in [-0.4, -0.2) is 64.9 Å². The first-order valence-electron chi connectivity index (χ1n) is 12.1. The summed E-state index contributed by atoms with van der Waals surface area (Å²) >= 11 is 0. The molecule has 172 valence electrons. The fourth-order valence-corrected chi connectivity index (χ4v) is 4.09. The molecule has 0 aromatic carbocycles. The third-order valence-corrected chi connectivity index (χ3v) is 5.77. The maximum absolute atomic E-state index is 9.24. The van der Waals surface area contributed by atoms with E-state index < -0.39 is 0 Å². The minimum absolute atomic E-state index is 0. The molecule has 0 fully saturated rings. The molecule has 0 aliphatic carbocycles. The van der Waals surface area contributed by atoms with E-state index >= 15 is 0 Å². The highest BCUT2D eigenvalue weighted by Gasteiger charge is 2.28. The van der Waals surface area contributed by atoms with Gasteiger partial charge in [0.05, 0.1) is 13.2 Å². The van der Waals surface area contributed by atoms with Gasteiger partial charge in [0.15, 0.2) is 0 Å². The molecule has 2 N–H and O–H groups in total. The lowest BCUT2D eigenvalue weighted by atomic mass is 10.1. The molecule has 0 bridgehead atoms. The normalized spacial score (nSPS) is 14.2. The second kappa shape index (κ2) is 20.7. The van der Waals surface area contributed by atoms with E-state index in [2.05, 4.69) is 28.6 Å². The second-order valence-electron chi connectivity index (χ2n) is 8.17. The first-order chi connectivity index (χ1) is 13.8. The van der Waals surface area contributed by atoms with E-state index in [4.69, 9.17) is 0 Å². The predicted octanol–water partition coefficient (Wildman–Crippen LogP) is 1.74. The van der Waals surface area contributed by atoms with Gasteiger partial charge in [-0.15, -0.1) is 0 Å². The van der Waals surface area contributed by atoms with Crippen molar-refractivity contribution in [2.45, 2.75) is 96.8 Å². The zero-order chi connectivity index (χ0) is 20.3. The van der Waals surface area contributed by atoms with Crippen molar-refractivity contribution < 1.29 is 27.2 Å². The standard InChI is InChI=1S/C24H47N2O2.ClH/c1-2-3-4-5-6-7-8-9-10-11-12-13-14-15-16-17-24-25(20-22-27)18-19-26(24)21-23-28;/h9-10,27-28H,2-8,11-23H2,1H3;1H/q+1;/p-1. The Balaban J connectivity index is 0.00000784. The average molecular weight is 431 g/mol. The number of hydrogen-bond acceptors (Lipinski definition) is 3. The van der Waals surface area contributed by atoms with Crippen molar-refractivity contribution >= 4 is 5.84 Å². The largest absolute Gasteiger partial charge is 1.00 e. The van der Waals surface area contributed by atoms with Gasteiger partial charge in [0.1, 0.15) is 26.2 Å². The van der Waals surface area contributed by atoms with Crippen LogP contribution in [0.3, 0.4) is 0 Å². The second-order valence-corrected chi connectivity index (χ2v) is 8.17. The van der Waals surface area contributed by atoms with Crippen molar-refractivity contribution in [1.82, 2.24) is 4.90 Å². The van der Waals surface area contributed by atoms with Crippen molar-refractivity contribution in [1.29, 1.82) is 0 Å². The Hall–Kier alpha value is -0.580. The molecular weight excluding hydrogens is 384 g/mol. The summed E-state index contributed by atoms with van der Waals surface area (Å²) in [5, 5.41) is 18.5. The van der Waals surface area contributed by atoms with Crippen LogP contribution >= 0.6 is 0 Å². The summed E-state index contributed by atoms with van der Waals surface area (Å²) in [7, 11) is 0. The van der Waals surface area contributed by atoms with Crippen LogP contribution in [-0.2, 0) is 0 Å². The Bertz CT molecular complexity index is 427. The summed E-state index contributed by atoms with van der Waals surface area (Å²) in [5.74, 6) is 1.33. The third-order valence-electron chi connectivity index (χ3n) is 5.77. The lowest BCUT2D eigenvalue weighted by molar-refractivity contribution is -0.521. The van der Waals surface area contributed by atoms with Crippen molar-refractivity contribution in [2.24, 2.45) is 0 Å². The summed E-state index contributed by atoms with van der Waals surface area (Å²) in [6.07, 6.45) is 23.1. The number of aliphatic hydroxyl groups excluding tert-OH is 2. The van der Waals surface area contributed by atoms with Gasteiger partial charge in [-0.05, 0) is 32.1 Å². The number of hydrogen-bond donors (Lipinski definition) is 2. The lowest BCUT2D eigenvalue weighted by Gasteiger charge is -2.12. The molecule has 0 saturated carbocycles. The van der Waals surface area contributed by atoms with E-state index in [1.54, 1.807) is 0 Å². The van der Waals surface area contributed by atoms with Crippen LogP contribution in [0.1, 0.15) is 96.8 Å². The summed E-state index contributed by atoms with van der Waals surface area (Å²) in [5.41, 5.74) is 0. The Morgan fingerprint density at radius 2 is 1.41 bits per heavy atom. The number of nitrogens with zero attached hydrogens (tertiary/aromatic N) is 2. The monoisotopic (exact) mass is 430 g/mol. The van der Waals surface area contributed by atoms with E-state index in [0.29, 0.717) is 0 Å². The number of unbranched alkanes of at least 4 members (excludes halogenated alkanes) is 11. The van der Waals surface area contributed by atoms with E-state index in [9.17, 15) is 10.2 Å². The number of allylic oxidation sites excluding steroid dienone is 2. The van der Waals surface area contributed by atoms with E-state index in [1.165, 1.54) is 89.3 Å². The summed E-state index contributed by atoms with van der Waals surface area (Å²) in [6.45, 7) is 6.12. The fraction of sp³-hybridized carbons (Fsp3) is 0.875. The van der Waals surface area contributed by atoms with Crippen molar-refractivity contribution in [3.05, 3.63) is 12.2 Å². The minimum Gasteiger partial charge on any atom is -1.00 e. The van der Waals surface area contributed by atoms with Gasteiger partial charge in [-0.2, -0.15) is 0 Å². The molecule has 0 atom stereocenters. The van der Waals surface area contributed by atoms with Crippen molar-refractivity contribution in [3.8, 4) is 0 Å². The van der Waals surface area contributed by atoms with Gasteiger partial charge in [-0.25, -0.2) is 0 Å². The molecule has 0 amide bonds. The number of rotatable bonds is 19. The molecule has 1 rings (SSSR count). The van der Waals surface area contributed by atoms with Crippen LogP contribution < -0.4 is 12.4 Å². The zero-order valence-electron chi connectivity index (χ0n) is 19.0. The highest BCUT2D eigenvalue weighted by atomic mass is 35.5.